The lowest BCUT2D eigenvalue weighted by Gasteiger charge is -2.09. The highest BCUT2D eigenvalue weighted by atomic mass is 32.2. The van der Waals surface area contributed by atoms with E-state index in [1.807, 2.05) is 0 Å². The molecule has 0 aliphatic rings. The molecule has 0 aromatic heterocycles. The van der Waals surface area contributed by atoms with Crippen molar-refractivity contribution in [2.75, 3.05) is 7.11 Å². The molecule has 0 radical (unpaired) electrons. The van der Waals surface area contributed by atoms with Crippen molar-refractivity contribution in [3.05, 3.63) is 29.8 Å². The molecule has 7 nitrogen and oxygen atoms in total. The summed E-state index contributed by atoms with van der Waals surface area (Å²) in [5.41, 5.74) is -0.107. The molecule has 1 atom stereocenters. The summed E-state index contributed by atoms with van der Waals surface area (Å²) < 4.78 is 30.0. The zero-order valence-corrected chi connectivity index (χ0v) is 11.1. The van der Waals surface area contributed by atoms with Gasteiger partial charge >= 0.3 is 5.97 Å². The van der Waals surface area contributed by atoms with Crippen LogP contribution in [0.3, 0.4) is 0 Å². The third kappa shape index (κ3) is 3.76. The number of hydrogen-bond acceptors (Lipinski definition) is 5. The van der Waals surface area contributed by atoms with Crippen LogP contribution < -0.4 is 9.46 Å². The summed E-state index contributed by atoms with van der Waals surface area (Å²) in [6.07, 6.45) is 0. The maximum absolute atomic E-state index is 11.8. The van der Waals surface area contributed by atoms with E-state index in [0.29, 0.717) is 5.75 Å². The molecule has 0 heterocycles. The number of rotatable bonds is 5. The molecular weight excluding hydrogens is 274 g/mol. The van der Waals surface area contributed by atoms with Gasteiger partial charge in [-0.25, -0.2) is 8.42 Å². The van der Waals surface area contributed by atoms with Crippen LogP contribution in [-0.4, -0.2) is 37.8 Å². The van der Waals surface area contributed by atoms with Gasteiger partial charge in [0.2, 0.25) is 0 Å². The summed E-state index contributed by atoms with van der Waals surface area (Å²) in [5, 5.41) is 7.41. The lowest BCUT2D eigenvalue weighted by molar-refractivity contribution is -0.138. The van der Waals surface area contributed by atoms with E-state index in [1.165, 1.54) is 25.3 Å². The topological polar surface area (TPSA) is 110 Å². The van der Waals surface area contributed by atoms with Crippen molar-refractivity contribution < 1.29 is 27.9 Å². The van der Waals surface area contributed by atoms with E-state index in [9.17, 15) is 18.0 Å². The predicted octanol–water partition coefficient (Wildman–Crippen LogP) is 0.228. The number of benzene rings is 1. The van der Waals surface area contributed by atoms with Gasteiger partial charge in [-0.05, 0) is 25.1 Å². The van der Waals surface area contributed by atoms with Gasteiger partial charge in [0, 0.05) is 5.56 Å². The Hall–Kier alpha value is -1.93. The number of hydrogen-bond donors (Lipinski definition) is 2. The molecule has 0 spiro atoms. The van der Waals surface area contributed by atoms with Crippen molar-refractivity contribution >= 4 is 21.1 Å². The molecule has 0 bridgehead atoms. The lowest BCUT2D eigenvalue weighted by Crippen LogP contribution is -2.41. The molecule has 8 heteroatoms. The van der Waals surface area contributed by atoms with Gasteiger partial charge < -0.3 is 9.84 Å². The molecule has 104 valence electrons. The first-order chi connectivity index (χ1) is 8.77. The number of carbonyl (C=O) groups excluding carboxylic acids is 1. The van der Waals surface area contributed by atoms with Crippen LogP contribution in [0.2, 0.25) is 0 Å². The molecule has 1 aromatic carbocycles. The highest BCUT2D eigenvalue weighted by molar-refractivity contribution is 8.05. The molecule has 0 unspecified atom stereocenters. The van der Waals surface area contributed by atoms with Crippen LogP contribution in [0.25, 0.3) is 0 Å². The molecule has 0 aliphatic carbocycles. The number of methoxy groups -OCH3 is 1. The lowest BCUT2D eigenvalue weighted by atomic mass is 10.2. The van der Waals surface area contributed by atoms with Gasteiger partial charge in [-0.2, -0.15) is 4.72 Å². The smallest absolute Gasteiger partial charge is 0.321 e. The van der Waals surface area contributed by atoms with Crippen molar-refractivity contribution in [2.45, 2.75) is 13.0 Å². The molecule has 0 saturated heterocycles. The summed E-state index contributed by atoms with van der Waals surface area (Å²) in [6.45, 7) is 1.12. The minimum atomic E-state index is -4.41. The number of carboxylic acid groups (broad SMARTS) is 1. The first-order valence-electron chi connectivity index (χ1n) is 5.21. The molecule has 0 aliphatic heterocycles. The normalized spacial score (nSPS) is 12.7. The Morgan fingerprint density at radius 2 is 2.00 bits per heavy atom. The summed E-state index contributed by atoms with van der Waals surface area (Å²) >= 11 is 0. The fourth-order valence-corrected chi connectivity index (χ4v) is 2.35. The van der Waals surface area contributed by atoms with E-state index in [-0.39, 0.29) is 5.56 Å². The fraction of sp³-hybridized carbons (Fsp3) is 0.273. The summed E-state index contributed by atoms with van der Waals surface area (Å²) in [7, 11) is -3.03. The SMILES string of the molecule is COc1cccc(C(=O)S(=O)(=O)N[C@@H](C)C(=O)O)c1. The monoisotopic (exact) mass is 287 g/mol. The molecule has 0 fully saturated rings. The second-order valence-electron chi connectivity index (χ2n) is 3.70. The van der Waals surface area contributed by atoms with E-state index >= 15 is 0 Å². The zero-order valence-electron chi connectivity index (χ0n) is 10.3. The van der Waals surface area contributed by atoms with Crippen LogP contribution in [0.1, 0.15) is 17.3 Å². The van der Waals surface area contributed by atoms with E-state index in [4.69, 9.17) is 9.84 Å². The average molecular weight is 287 g/mol. The van der Waals surface area contributed by atoms with Crippen LogP contribution >= 0.6 is 0 Å². The van der Waals surface area contributed by atoms with Gasteiger partial charge in [-0.15, -0.1) is 0 Å². The molecule has 0 saturated carbocycles. The standard InChI is InChI=1S/C11H13NO6S/c1-7(10(13)14)12-19(16,17)11(15)8-4-3-5-9(6-8)18-2/h3-7,12H,1-2H3,(H,13,14)/t7-/m0/s1. The quantitative estimate of drug-likeness (QED) is 0.802. The first-order valence-corrected chi connectivity index (χ1v) is 6.70. The van der Waals surface area contributed by atoms with Gasteiger partial charge in [0.25, 0.3) is 15.1 Å². The minimum absolute atomic E-state index is 0.107. The van der Waals surface area contributed by atoms with Crippen molar-refractivity contribution in [2.24, 2.45) is 0 Å². The number of aliphatic carboxylic acids is 1. The number of ether oxygens (including phenoxy) is 1. The maximum Gasteiger partial charge on any atom is 0.321 e. The van der Waals surface area contributed by atoms with Crippen LogP contribution in [0, 0.1) is 0 Å². The van der Waals surface area contributed by atoms with Crippen molar-refractivity contribution in [3.8, 4) is 5.75 Å². The Balaban J connectivity index is 3.01. The Morgan fingerprint density at radius 1 is 1.37 bits per heavy atom. The van der Waals surface area contributed by atoms with Crippen LogP contribution in [-0.2, 0) is 14.8 Å². The van der Waals surface area contributed by atoms with Crippen molar-refractivity contribution in [1.29, 1.82) is 0 Å². The Labute approximate surface area is 110 Å². The average Bonchev–Trinajstić information content (AvgIpc) is 2.37. The Bertz CT molecular complexity index is 595. The third-order valence-corrected chi connectivity index (χ3v) is 3.64. The highest BCUT2D eigenvalue weighted by Crippen LogP contribution is 2.14. The van der Waals surface area contributed by atoms with Crippen molar-refractivity contribution in [1.82, 2.24) is 4.72 Å². The fourth-order valence-electron chi connectivity index (χ4n) is 1.24. The van der Waals surface area contributed by atoms with Gasteiger partial charge in [0.15, 0.2) is 0 Å². The number of carbonyl (C=O) groups is 2. The number of sulfonamides is 1. The van der Waals surface area contributed by atoms with Gasteiger partial charge in [0.1, 0.15) is 11.8 Å². The van der Waals surface area contributed by atoms with Gasteiger partial charge in [0.05, 0.1) is 7.11 Å². The van der Waals surface area contributed by atoms with E-state index in [1.54, 1.807) is 10.8 Å². The summed E-state index contributed by atoms with van der Waals surface area (Å²) in [5.74, 6) is -1.05. The second kappa shape index (κ2) is 5.81. The largest absolute Gasteiger partial charge is 0.497 e. The van der Waals surface area contributed by atoms with Gasteiger partial charge in [-0.1, -0.05) is 6.07 Å². The Kier molecular flexibility index (Phi) is 4.62. The van der Waals surface area contributed by atoms with Crippen LogP contribution in [0.4, 0.5) is 0 Å². The second-order valence-corrected chi connectivity index (χ2v) is 5.31. The molecule has 1 rings (SSSR count). The minimum Gasteiger partial charge on any atom is -0.497 e. The zero-order chi connectivity index (χ0) is 14.6. The summed E-state index contributed by atoms with van der Waals surface area (Å²) in [4.78, 5) is 22.4. The predicted molar refractivity (Wildman–Crippen MR) is 66.5 cm³/mol. The first kappa shape index (κ1) is 15.1. The Morgan fingerprint density at radius 3 is 2.53 bits per heavy atom. The molecule has 0 amide bonds. The van der Waals surface area contributed by atoms with Crippen LogP contribution in [0.5, 0.6) is 5.75 Å². The maximum atomic E-state index is 11.8. The van der Waals surface area contributed by atoms with E-state index < -0.39 is 27.1 Å². The molecule has 1 aromatic rings. The molecule has 2 N–H and O–H groups in total. The van der Waals surface area contributed by atoms with Crippen LogP contribution in [0.15, 0.2) is 24.3 Å². The van der Waals surface area contributed by atoms with Crippen molar-refractivity contribution in [3.63, 3.8) is 0 Å². The van der Waals surface area contributed by atoms with E-state index in [0.717, 1.165) is 6.92 Å². The number of nitrogens with one attached hydrogen (secondary N) is 1. The van der Waals surface area contributed by atoms with E-state index in [2.05, 4.69) is 0 Å². The third-order valence-electron chi connectivity index (χ3n) is 2.25. The number of carboxylic acids is 1. The highest BCUT2D eigenvalue weighted by Gasteiger charge is 2.28. The molecular formula is C11H13NO6S. The molecule has 19 heavy (non-hydrogen) atoms. The van der Waals surface area contributed by atoms with Gasteiger partial charge in [-0.3, -0.25) is 9.59 Å². The summed E-state index contributed by atoms with van der Waals surface area (Å²) in [6, 6.07) is 4.18.